The number of aryl methyl sites for hydroxylation is 3. The van der Waals surface area contributed by atoms with Crippen molar-refractivity contribution in [3.05, 3.63) is 115 Å². The number of fused-ring (bicyclic) bond motifs is 13. The Labute approximate surface area is 254 Å². The minimum atomic E-state index is 0. The first kappa shape index (κ1) is 27.3. The van der Waals surface area contributed by atoms with Crippen LogP contribution in [-0.2, 0) is 21.1 Å². The van der Waals surface area contributed by atoms with Gasteiger partial charge in [0.2, 0.25) is 0 Å². The molecule has 6 heteroatoms. The van der Waals surface area contributed by atoms with Crippen LogP contribution in [0.3, 0.4) is 0 Å². The van der Waals surface area contributed by atoms with Crippen molar-refractivity contribution in [3.63, 3.8) is 0 Å². The smallest absolute Gasteiger partial charge is 0.504 e. The third-order valence-corrected chi connectivity index (χ3v) is 8.83. The molecule has 204 valence electrons. The van der Waals surface area contributed by atoms with Crippen LogP contribution in [0.25, 0.3) is 0 Å². The van der Waals surface area contributed by atoms with E-state index in [1.807, 2.05) is 0 Å². The van der Waals surface area contributed by atoms with Gasteiger partial charge in [-0.05, 0) is 58.4 Å². The van der Waals surface area contributed by atoms with Gasteiger partial charge in [0.1, 0.15) is 0 Å². The Morgan fingerprint density at radius 2 is 1.20 bits per heavy atom. The summed E-state index contributed by atoms with van der Waals surface area (Å²) >= 11 is 0. The average Bonchev–Trinajstić information content (AvgIpc) is 3.56. The molecule has 40 heavy (non-hydrogen) atoms. The second-order valence-corrected chi connectivity index (χ2v) is 11.5. The van der Waals surface area contributed by atoms with E-state index in [4.69, 9.17) is 0 Å². The predicted octanol–water partition coefficient (Wildman–Crippen LogP) is 4.87. The van der Waals surface area contributed by atoms with E-state index in [0.29, 0.717) is 12.1 Å². The van der Waals surface area contributed by atoms with Gasteiger partial charge in [0, 0.05) is 12.1 Å². The van der Waals surface area contributed by atoms with E-state index in [1.165, 1.54) is 65.2 Å². The summed E-state index contributed by atoms with van der Waals surface area (Å²) in [5, 5.41) is 0. The normalized spacial score (nSPS) is 21.5. The van der Waals surface area contributed by atoms with E-state index < -0.39 is 0 Å². The molecule has 2 atom stereocenters. The molecule has 1 aliphatic carbocycles. The van der Waals surface area contributed by atoms with Crippen molar-refractivity contribution in [2.45, 2.75) is 65.0 Å². The molecule has 8 bridgehead atoms. The largest absolute Gasteiger partial charge is 4.00 e. The number of rotatable bonds is 1. The molecule has 0 aromatic heterocycles. The summed E-state index contributed by atoms with van der Waals surface area (Å²) in [7, 11) is 0. The van der Waals surface area contributed by atoms with Crippen LogP contribution in [0.4, 0.5) is 11.4 Å². The minimum absolute atomic E-state index is 0. The van der Waals surface area contributed by atoms with E-state index in [0.717, 1.165) is 11.4 Å². The fraction of sp³-hybridized carbons (Fsp3) is 0.294. The molecule has 0 spiro atoms. The molecule has 0 amide bonds. The molecule has 0 radical (unpaired) electrons. The second kappa shape index (κ2) is 11.2. The van der Waals surface area contributed by atoms with Crippen LogP contribution in [-0.4, -0.2) is 28.6 Å². The monoisotopic (exact) mass is 705 g/mol. The molecule has 3 heterocycles. The van der Waals surface area contributed by atoms with Gasteiger partial charge in [-0.1, -0.05) is 53.5 Å². The Hall–Kier alpha value is -2.91. The quantitative estimate of drug-likeness (QED) is 0.265. The van der Waals surface area contributed by atoms with Gasteiger partial charge >= 0.3 is 21.1 Å². The fourth-order valence-electron chi connectivity index (χ4n) is 7.09. The summed E-state index contributed by atoms with van der Waals surface area (Å²) in [5.74, 6) is 0. The molecule has 4 nitrogen and oxygen atoms in total. The molecule has 7 rings (SSSR count). The molecule has 2 unspecified atom stereocenters. The molecule has 0 N–H and O–H groups in total. The number of hydrogen-bond donors (Lipinski definition) is 0. The van der Waals surface area contributed by atoms with E-state index in [1.54, 1.807) is 0 Å². The maximum atomic E-state index is 3.84. The average molecular weight is 706 g/mol. The van der Waals surface area contributed by atoms with Crippen LogP contribution in [0, 0.1) is 46.2 Å². The maximum absolute atomic E-state index is 3.84. The maximum Gasteiger partial charge on any atom is 4.00 e. The molecule has 4 aliphatic rings. The first-order valence-corrected chi connectivity index (χ1v) is 14.4. The van der Waals surface area contributed by atoms with Crippen molar-refractivity contribution in [3.8, 4) is 0 Å². The molecular weight excluding hydrogens is 670 g/mol. The van der Waals surface area contributed by atoms with Crippen LogP contribution < -0.4 is 26.2 Å². The van der Waals surface area contributed by atoms with Gasteiger partial charge in [-0.3, -0.25) is 0 Å². The van der Waals surface area contributed by atoms with E-state index in [9.17, 15) is 0 Å². The van der Waals surface area contributed by atoms with Gasteiger partial charge in [0.15, 0.2) is 6.71 Å². The van der Waals surface area contributed by atoms with Crippen LogP contribution in [0.2, 0.25) is 0 Å². The van der Waals surface area contributed by atoms with Gasteiger partial charge in [0.25, 0.3) is 0 Å². The number of hydrogen-bond acceptors (Lipinski definition) is 4. The van der Waals surface area contributed by atoms with Crippen LogP contribution >= 0.6 is 0 Å². The second-order valence-electron chi connectivity index (χ2n) is 11.5. The summed E-state index contributed by atoms with van der Waals surface area (Å²) in [6, 6.07) is 26.3. The van der Waals surface area contributed by atoms with Crippen molar-refractivity contribution in [1.29, 1.82) is 0 Å². The topological polar surface area (TPSA) is 13.0 Å². The summed E-state index contributed by atoms with van der Waals surface area (Å²) in [5.41, 5.74) is 9.75. The molecule has 0 saturated heterocycles. The molecular formula is C34H35BN4Pt. The Morgan fingerprint density at radius 3 is 1.70 bits per heavy atom. The van der Waals surface area contributed by atoms with E-state index >= 15 is 0 Å². The van der Waals surface area contributed by atoms with E-state index in [-0.39, 0.29) is 27.8 Å². The molecule has 1 saturated carbocycles. The zero-order valence-electron chi connectivity index (χ0n) is 23.5. The Bertz CT molecular complexity index is 1350. The Kier molecular flexibility index (Phi) is 7.61. The molecule has 3 aromatic rings. The number of nitrogens with zero attached hydrogens (tertiary/aromatic N) is 4. The fourth-order valence-corrected chi connectivity index (χ4v) is 7.09. The van der Waals surface area contributed by atoms with Gasteiger partial charge < -0.3 is 19.6 Å². The van der Waals surface area contributed by atoms with Crippen LogP contribution in [0.1, 0.15) is 48.8 Å². The predicted molar refractivity (Wildman–Crippen MR) is 162 cm³/mol. The third kappa shape index (κ3) is 4.92. The van der Waals surface area contributed by atoms with Crippen LogP contribution in [0.15, 0.2) is 73.3 Å². The van der Waals surface area contributed by atoms with Gasteiger partial charge in [-0.2, -0.15) is 72.8 Å². The summed E-state index contributed by atoms with van der Waals surface area (Å²) in [4.78, 5) is 9.37. The first-order chi connectivity index (χ1) is 19.0. The van der Waals surface area contributed by atoms with Crippen molar-refractivity contribution >= 4 is 34.5 Å². The zero-order chi connectivity index (χ0) is 26.5. The molecule has 3 aromatic carbocycles. The third-order valence-electron chi connectivity index (χ3n) is 8.83. The van der Waals surface area contributed by atoms with Crippen LogP contribution in [0.5, 0.6) is 0 Å². The summed E-state index contributed by atoms with van der Waals surface area (Å²) in [6.45, 7) is 11.3. The SMILES string of the molecule is Cc1cc(C)c(B2c3[c-]c(ccc3)N3C=CN([CH-]3)C3CCCCCC3N3C=CN([CH-]3)c3[c-]c2ccc3)c(C)c1.[Pt+4]. The van der Waals surface area contributed by atoms with Gasteiger partial charge in [0.05, 0.1) is 0 Å². The minimum Gasteiger partial charge on any atom is -0.504 e. The summed E-state index contributed by atoms with van der Waals surface area (Å²) in [6.07, 6.45) is 15.1. The van der Waals surface area contributed by atoms with E-state index in [2.05, 4.69) is 139 Å². The Morgan fingerprint density at radius 1 is 0.700 bits per heavy atom. The zero-order valence-corrected chi connectivity index (χ0v) is 25.7. The van der Waals surface area contributed by atoms with Crippen molar-refractivity contribution in [1.82, 2.24) is 9.80 Å². The number of anilines is 2. The molecule has 3 aliphatic heterocycles. The number of benzene rings is 3. The van der Waals surface area contributed by atoms with Gasteiger partial charge in [-0.25, -0.2) is 0 Å². The Balaban J connectivity index is 0.00000289. The molecule has 1 fully saturated rings. The standard InChI is InChI=1S/C34H35BN4.Pt/c1-25-19-26(2)34(27(3)20-25)35-28-9-7-11-30(21-28)36-15-17-38(23-36)32-13-5-4-6-14-33(32)39-18-16-37(24-39)31-12-8-10-29(35)22-31;/h7-12,15-20,23-24,32-33H,4-6,13-14H2,1-3H3;/q-4;+4. The summed E-state index contributed by atoms with van der Waals surface area (Å²) < 4.78 is 0. The van der Waals surface area contributed by atoms with Crippen molar-refractivity contribution < 1.29 is 21.1 Å². The van der Waals surface area contributed by atoms with Crippen molar-refractivity contribution in [2.75, 3.05) is 9.80 Å². The van der Waals surface area contributed by atoms with Gasteiger partial charge in [-0.15, -0.1) is 11.4 Å². The first-order valence-electron chi connectivity index (χ1n) is 14.4. The van der Waals surface area contributed by atoms with Crippen molar-refractivity contribution in [2.24, 2.45) is 0 Å².